The summed E-state index contributed by atoms with van der Waals surface area (Å²) >= 11 is 0.791. The first-order chi connectivity index (χ1) is 19.3. The Morgan fingerprint density at radius 2 is 1.93 bits per heavy atom. The van der Waals surface area contributed by atoms with Gasteiger partial charge in [0.15, 0.2) is 5.62 Å². The van der Waals surface area contributed by atoms with Crippen LogP contribution in [0.15, 0.2) is 59.8 Å². The molecular weight excluding hydrogens is 541 g/mol. The van der Waals surface area contributed by atoms with E-state index in [4.69, 9.17) is 0 Å². The van der Waals surface area contributed by atoms with Crippen molar-refractivity contribution in [2.24, 2.45) is 5.92 Å². The van der Waals surface area contributed by atoms with Gasteiger partial charge >= 0.3 is 6.18 Å². The summed E-state index contributed by atoms with van der Waals surface area (Å²) in [5.41, 5.74) is 2.25. The van der Waals surface area contributed by atoms with E-state index in [9.17, 15) is 22.8 Å². The zero-order chi connectivity index (χ0) is 28.5. The second-order valence-corrected chi connectivity index (χ2v) is 10.1. The number of anilines is 1. The summed E-state index contributed by atoms with van der Waals surface area (Å²) in [6, 6.07) is 10.6. The Labute approximate surface area is 234 Å². The predicted molar refractivity (Wildman–Crippen MR) is 150 cm³/mol. The average Bonchev–Trinajstić information content (AvgIpc) is 2.97. The second kappa shape index (κ2) is 13.5. The first-order valence-electron chi connectivity index (χ1n) is 12.7. The number of nitrogens with zero attached hydrogens (tertiary/aromatic N) is 4. The molecule has 0 atom stereocenters. The van der Waals surface area contributed by atoms with Crippen molar-refractivity contribution in [2.75, 3.05) is 31.6 Å². The first kappa shape index (κ1) is 29.2. The van der Waals surface area contributed by atoms with Crippen LogP contribution in [0.3, 0.4) is 0 Å². The minimum absolute atomic E-state index is 0.247. The highest BCUT2D eigenvalue weighted by molar-refractivity contribution is 8.16. The molecular formula is C28H29F3N6O2S. The third-order valence-electron chi connectivity index (χ3n) is 6.57. The van der Waals surface area contributed by atoms with Crippen LogP contribution in [-0.4, -0.2) is 53.2 Å². The summed E-state index contributed by atoms with van der Waals surface area (Å²) in [4.78, 5) is 38.5. The second-order valence-electron chi connectivity index (χ2n) is 9.23. The zero-order valence-electron chi connectivity index (χ0n) is 21.8. The highest BCUT2D eigenvalue weighted by Gasteiger charge is 2.30. The monoisotopic (exact) mass is 570 g/mol. The van der Waals surface area contributed by atoms with Crippen molar-refractivity contribution < 1.29 is 22.8 Å². The van der Waals surface area contributed by atoms with Crippen LogP contribution in [0, 0.1) is 5.92 Å². The Morgan fingerprint density at radius 1 is 1.12 bits per heavy atom. The number of carbonyl (C=O) groups excluding carboxylic acids is 2. The van der Waals surface area contributed by atoms with Crippen molar-refractivity contribution in [3.63, 3.8) is 0 Å². The number of thioether (sulfide) groups is 1. The predicted octanol–water partition coefficient (Wildman–Crippen LogP) is 4.57. The Kier molecular flexibility index (Phi) is 9.88. The van der Waals surface area contributed by atoms with E-state index in [0.29, 0.717) is 41.0 Å². The van der Waals surface area contributed by atoms with Gasteiger partial charge in [-0.05, 0) is 73.0 Å². The number of likely N-dealkylation sites (N-methyl/N-ethyl adjacent to an activating group) is 1. The molecule has 1 aliphatic heterocycles. The summed E-state index contributed by atoms with van der Waals surface area (Å²) in [6.07, 6.45) is 2.19. The minimum atomic E-state index is -4.41. The van der Waals surface area contributed by atoms with Gasteiger partial charge in [-0.25, -0.2) is 9.97 Å². The molecule has 0 radical (unpaired) electrons. The van der Waals surface area contributed by atoms with Gasteiger partial charge in [0.05, 0.1) is 21.9 Å². The number of hydrogen-bond acceptors (Lipinski definition) is 8. The van der Waals surface area contributed by atoms with E-state index in [0.717, 1.165) is 61.9 Å². The Morgan fingerprint density at radius 3 is 2.65 bits per heavy atom. The lowest BCUT2D eigenvalue weighted by molar-refractivity contribution is -0.137. The molecule has 1 aliphatic rings. The largest absolute Gasteiger partial charge is 0.416 e. The number of rotatable bonds is 10. The van der Waals surface area contributed by atoms with Crippen LogP contribution in [-0.2, 0) is 22.3 Å². The highest BCUT2D eigenvalue weighted by atomic mass is 32.2. The first-order valence-corrected chi connectivity index (χ1v) is 13.6. The molecule has 0 bridgehead atoms. The molecule has 1 fully saturated rings. The van der Waals surface area contributed by atoms with Crippen LogP contribution in [0.2, 0.25) is 0 Å². The molecule has 1 amide bonds. The standard InChI is InChI=1S/C28H29F3N6O2S/c1-32-26(39)24(40-18-38)15-23-7-11-35-27(36-23)37-12-8-19(9-13-37)16-33-17-21-5-3-10-34-25(21)20-4-2-6-22(14-20)28(29,30)31/h2-7,10-11,14-15,18-19,33H,8-9,12-13,16-17H2,1H3,(H,32,39)/b24-15-. The van der Waals surface area contributed by atoms with Crippen molar-refractivity contribution in [3.8, 4) is 11.3 Å². The van der Waals surface area contributed by atoms with E-state index in [2.05, 4.69) is 30.5 Å². The van der Waals surface area contributed by atoms with Crippen LogP contribution in [0.25, 0.3) is 17.3 Å². The number of pyridine rings is 1. The van der Waals surface area contributed by atoms with E-state index in [1.165, 1.54) is 13.1 Å². The van der Waals surface area contributed by atoms with E-state index in [1.807, 2.05) is 6.07 Å². The fraction of sp³-hybridized carbons (Fsp3) is 0.321. The number of piperidine rings is 1. The SMILES string of the molecule is CNC(=O)/C(=C/c1ccnc(N2CCC(CNCc3cccnc3-c3cccc(C(F)(F)F)c3)CC2)n1)SC=O. The number of hydrogen-bond donors (Lipinski definition) is 2. The molecule has 0 spiro atoms. The summed E-state index contributed by atoms with van der Waals surface area (Å²) in [5.74, 6) is 0.615. The molecule has 0 aliphatic carbocycles. The van der Waals surface area contributed by atoms with E-state index >= 15 is 0 Å². The summed E-state index contributed by atoms with van der Waals surface area (Å²) in [6.45, 7) is 2.76. The minimum Gasteiger partial charge on any atom is -0.355 e. The number of alkyl halides is 3. The lowest BCUT2D eigenvalue weighted by atomic mass is 9.96. The molecule has 2 aromatic heterocycles. The average molecular weight is 571 g/mol. The Bertz CT molecular complexity index is 1360. The van der Waals surface area contributed by atoms with Gasteiger partial charge < -0.3 is 15.5 Å². The number of benzene rings is 1. The van der Waals surface area contributed by atoms with Crippen LogP contribution < -0.4 is 15.5 Å². The molecule has 3 aromatic rings. The van der Waals surface area contributed by atoms with Crippen LogP contribution in [0.1, 0.15) is 29.7 Å². The summed E-state index contributed by atoms with van der Waals surface area (Å²) in [7, 11) is 1.50. The lowest BCUT2D eigenvalue weighted by Crippen LogP contribution is -2.38. The quantitative estimate of drug-likeness (QED) is 0.270. The molecule has 0 saturated carbocycles. The van der Waals surface area contributed by atoms with Gasteiger partial charge in [0.1, 0.15) is 0 Å². The van der Waals surface area contributed by atoms with Gasteiger partial charge in [-0.2, -0.15) is 13.2 Å². The topological polar surface area (TPSA) is 100 Å². The zero-order valence-corrected chi connectivity index (χ0v) is 22.6. The number of nitrogens with one attached hydrogen (secondary N) is 2. The van der Waals surface area contributed by atoms with E-state index < -0.39 is 11.7 Å². The molecule has 40 heavy (non-hydrogen) atoms. The normalized spacial score (nSPS) is 14.7. The number of halogens is 3. The van der Waals surface area contributed by atoms with Crippen molar-refractivity contribution in [2.45, 2.75) is 25.6 Å². The van der Waals surface area contributed by atoms with E-state index in [1.54, 1.807) is 36.7 Å². The number of carbonyl (C=O) groups is 2. The van der Waals surface area contributed by atoms with Crippen molar-refractivity contribution in [1.29, 1.82) is 0 Å². The third-order valence-corrected chi connectivity index (χ3v) is 7.22. The summed E-state index contributed by atoms with van der Waals surface area (Å²) in [5, 5.41) is 5.96. The van der Waals surface area contributed by atoms with Gasteiger partial charge in [0.25, 0.3) is 5.91 Å². The number of amides is 1. The summed E-state index contributed by atoms with van der Waals surface area (Å²) < 4.78 is 39.6. The maximum absolute atomic E-state index is 13.2. The van der Waals surface area contributed by atoms with Gasteiger partial charge in [-0.15, -0.1) is 0 Å². The van der Waals surface area contributed by atoms with Gasteiger partial charge in [-0.3, -0.25) is 14.6 Å². The van der Waals surface area contributed by atoms with Crippen LogP contribution >= 0.6 is 11.8 Å². The van der Waals surface area contributed by atoms with Gasteiger partial charge in [0, 0.05) is 44.6 Å². The van der Waals surface area contributed by atoms with Crippen LogP contribution in [0.5, 0.6) is 0 Å². The van der Waals surface area contributed by atoms with Crippen LogP contribution in [0.4, 0.5) is 19.1 Å². The molecule has 210 valence electrons. The van der Waals surface area contributed by atoms with Crippen molar-refractivity contribution in [3.05, 3.63) is 76.6 Å². The molecule has 1 saturated heterocycles. The third kappa shape index (κ3) is 7.66. The lowest BCUT2D eigenvalue weighted by Gasteiger charge is -2.32. The molecule has 4 rings (SSSR count). The Balaban J connectivity index is 1.33. The molecule has 3 heterocycles. The Hall–Kier alpha value is -3.77. The van der Waals surface area contributed by atoms with Gasteiger partial charge in [0.2, 0.25) is 5.95 Å². The fourth-order valence-corrected chi connectivity index (χ4v) is 4.99. The maximum Gasteiger partial charge on any atom is 0.416 e. The number of aromatic nitrogens is 3. The van der Waals surface area contributed by atoms with E-state index in [-0.39, 0.29) is 10.8 Å². The van der Waals surface area contributed by atoms with Gasteiger partial charge in [-0.1, -0.05) is 18.2 Å². The molecule has 1 aromatic carbocycles. The smallest absolute Gasteiger partial charge is 0.355 e. The fourth-order valence-electron chi connectivity index (χ4n) is 4.49. The molecule has 2 N–H and O–H groups in total. The molecule has 12 heteroatoms. The highest BCUT2D eigenvalue weighted by Crippen LogP contribution is 2.32. The molecule has 0 unspecified atom stereocenters. The maximum atomic E-state index is 13.2. The van der Waals surface area contributed by atoms with Crippen molar-refractivity contribution in [1.82, 2.24) is 25.6 Å². The van der Waals surface area contributed by atoms with Crippen molar-refractivity contribution >= 4 is 35.3 Å². The molecule has 8 nitrogen and oxygen atoms in total.